The van der Waals surface area contributed by atoms with Gasteiger partial charge in [-0.3, -0.25) is 4.68 Å². The zero-order valence-corrected chi connectivity index (χ0v) is 9.22. The molecular formula is C9H13BrN2. The first-order valence-corrected chi connectivity index (χ1v) is 4.93. The molecule has 0 saturated heterocycles. The van der Waals surface area contributed by atoms with Gasteiger partial charge < -0.3 is 0 Å². The molecule has 0 atom stereocenters. The number of aromatic nitrogens is 2. The number of hydrogen-bond donors (Lipinski definition) is 0. The lowest BCUT2D eigenvalue weighted by atomic mass is 10.2. The summed E-state index contributed by atoms with van der Waals surface area (Å²) in [5, 5.41) is 4.39. The average molecular weight is 229 g/mol. The highest BCUT2D eigenvalue weighted by molar-refractivity contribution is 9.11. The minimum atomic E-state index is 0.933. The van der Waals surface area contributed by atoms with Gasteiger partial charge in [0, 0.05) is 17.8 Å². The first kappa shape index (κ1) is 9.52. The van der Waals surface area contributed by atoms with E-state index in [1.807, 2.05) is 22.7 Å². The topological polar surface area (TPSA) is 17.8 Å². The van der Waals surface area contributed by atoms with Crippen molar-refractivity contribution in [2.24, 2.45) is 0 Å². The van der Waals surface area contributed by atoms with E-state index in [2.05, 4.69) is 34.9 Å². The Balaban J connectivity index is 3.18. The molecule has 0 N–H and O–H groups in total. The van der Waals surface area contributed by atoms with Gasteiger partial charge in [-0.2, -0.15) is 5.10 Å². The van der Waals surface area contributed by atoms with Crippen molar-refractivity contribution < 1.29 is 0 Å². The van der Waals surface area contributed by atoms with Crippen molar-refractivity contribution in [3.8, 4) is 0 Å². The zero-order valence-electron chi connectivity index (χ0n) is 7.63. The van der Waals surface area contributed by atoms with Gasteiger partial charge in [-0.05, 0) is 31.8 Å². The van der Waals surface area contributed by atoms with Crippen LogP contribution in [0.5, 0.6) is 0 Å². The van der Waals surface area contributed by atoms with Gasteiger partial charge in [0.1, 0.15) is 0 Å². The standard InChI is InChI=1S/C9H13BrN2/c1-4-12-8(3)9(5-6-10)7(2)11-12/h5-6H,4H2,1-3H3/b6-5+. The zero-order chi connectivity index (χ0) is 9.14. The second-order valence-corrected chi connectivity index (χ2v) is 3.22. The van der Waals surface area contributed by atoms with Crippen LogP contribution in [0, 0.1) is 13.8 Å². The molecule has 0 aliphatic heterocycles. The highest BCUT2D eigenvalue weighted by Crippen LogP contribution is 2.15. The molecule has 1 aromatic heterocycles. The van der Waals surface area contributed by atoms with E-state index in [4.69, 9.17) is 0 Å². The normalized spacial score (nSPS) is 11.3. The van der Waals surface area contributed by atoms with E-state index in [1.165, 1.54) is 11.3 Å². The molecule has 0 saturated carbocycles. The van der Waals surface area contributed by atoms with Crippen molar-refractivity contribution in [3.05, 3.63) is 21.9 Å². The second-order valence-electron chi connectivity index (χ2n) is 2.69. The van der Waals surface area contributed by atoms with Crippen LogP contribution >= 0.6 is 15.9 Å². The van der Waals surface area contributed by atoms with Crippen LogP contribution in [0.25, 0.3) is 6.08 Å². The number of aryl methyl sites for hydroxylation is 2. The van der Waals surface area contributed by atoms with E-state index < -0.39 is 0 Å². The fourth-order valence-electron chi connectivity index (χ4n) is 1.32. The SMILES string of the molecule is CCn1nc(C)c(/C=C/Br)c1C. The minimum absolute atomic E-state index is 0.933. The van der Waals surface area contributed by atoms with Crippen molar-refractivity contribution in [2.45, 2.75) is 27.3 Å². The molecule has 66 valence electrons. The summed E-state index contributed by atoms with van der Waals surface area (Å²) in [6.07, 6.45) is 2.03. The van der Waals surface area contributed by atoms with Crippen molar-refractivity contribution in [1.82, 2.24) is 9.78 Å². The third-order valence-electron chi connectivity index (χ3n) is 1.97. The van der Waals surface area contributed by atoms with Gasteiger partial charge in [-0.15, -0.1) is 0 Å². The van der Waals surface area contributed by atoms with Gasteiger partial charge >= 0.3 is 0 Å². The van der Waals surface area contributed by atoms with Gasteiger partial charge in [0.05, 0.1) is 5.69 Å². The molecule has 0 amide bonds. The Kier molecular flexibility index (Phi) is 3.09. The monoisotopic (exact) mass is 228 g/mol. The predicted octanol–water partition coefficient (Wildman–Crippen LogP) is 2.89. The lowest BCUT2D eigenvalue weighted by Crippen LogP contribution is -1.98. The molecule has 0 bridgehead atoms. The average Bonchev–Trinajstić information content (AvgIpc) is 2.32. The number of hydrogen-bond acceptors (Lipinski definition) is 1. The molecule has 0 spiro atoms. The predicted molar refractivity (Wildman–Crippen MR) is 55.3 cm³/mol. The van der Waals surface area contributed by atoms with E-state index in [-0.39, 0.29) is 0 Å². The van der Waals surface area contributed by atoms with E-state index in [0.29, 0.717) is 0 Å². The molecule has 0 radical (unpaired) electrons. The summed E-state index contributed by atoms with van der Waals surface area (Å²) in [5.74, 6) is 0. The summed E-state index contributed by atoms with van der Waals surface area (Å²) in [6.45, 7) is 7.15. The molecule has 1 rings (SSSR count). The Hall–Kier alpha value is -0.570. The molecule has 0 aliphatic carbocycles. The van der Waals surface area contributed by atoms with E-state index in [0.717, 1.165) is 12.2 Å². The van der Waals surface area contributed by atoms with Crippen molar-refractivity contribution in [3.63, 3.8) is 0 Å². The van der Waals surface area contributed by atoms with Crippen molar-refractivity contribution in [2.75, 3.05) is 0 Å². The molecule has 12 heavy (non-hydrogen) atoms. The maximum Gasteiger partial charge on any atom is 0.0669 e. The number of rotatable bonds is 2. The van der Waals surface area contributed by atoms with Gasteiger partial charge in [0.15, 0.2) is 0 Å². The second kappa shape index (κ2) is 3.90. The summed E-state index contributed by atoms with van der Waals surface area (Å²) in [6, 6.07) is 0. The van der Waals surface area contributed by atoms with Crippen LogP contribution < -0.4 is 0 Å². The Bertz CT molecular complexity index is 300. The molecule has 0 aliphatic rings. The molecule has 0 unspecified atom stereocenters. The molecule has 1 aromatic rings. The van der Waals surface area contributed by atoms with Crippen LogP contribution in [-0.2, 0) is 6.54 Å². The van der Waals surface area contributed by atoms with Gasteiger partial charge in [0.2, 0.25) is 0 Å². The molecule has 0 fully saturated rings. The lowest BCUT2D eigenvalue weighted by molar-refractivity contribution is 0.634. The maximum absolute atomic E-state index is 4.39. The van der Waals surface area contributed by atoms with Crippen LogP contribution in [0.1, 0.15) is 23.9 Å². The van der Waals surface area contributed by atoms with Crippen LogP contribution in [0.4, 0.5) is 0 Å². The molecule has 0 aromatic carbocycles. The Morgan fingerprint density at radius 1 is 1.50 bits per heavy atom. The van der Waals surface area contributed by atoms with Gasteiger partial charge in [-0.25, -0.2) is 0 Å². The maximum atomic E-state index is 4.39. The van der Waals surface area contributed by atoms with E-state index in [9.17, 15) is 0 Å². The summed E-state index contributed by atoms with van der Waals surface area (Å²) in [7, 11) is 0. The smallest absolute Gasteiger partial charge is 0.0669 e. The molecule has 2 nitrogen and oxygen atoms in total. The van der Waals surface area contributed by atoms with Gasteiger partial charge in [-0.1, -0.05) is 15.9 Å². The Morgan fingerprint density at radius 2 is 2.17 bits per heavy atom. The molecular weight excluding hydrogens is 216 g/mol. The third kappa shape index (κ3) is 1.61. The summed E-state index contributed by atoms with van der Waals surface area (Å²) in [4.78, 5) is 1.87. The Labute approximate surface area is 81.4 Å². The highest BCUT2D eigenvalue weighted by atomic mass is 79.9. The number of nitrogens with zero attached hydrogens (tertiary/aromatic N) is 2. The summed E-state index contributed by atoms with van der Waals surface area (Å²) < 4.78 is 2.01. The fraction of sp³-hybridized carbons (Fsp3) is 0.444. The van der Waals surface area contributed by atoms with Crippen LogP contribution in [0.2, 0.25) is 0 Å². The van der Waals surface area contributed by atoms with Crippen LogP contribution in [0.15, 0.2) is 4.99 Å². The minimum Gasteiger partial charge on any atom is -0.269 e. The molecule has 3 heteroatoms. The molecule has 1 heterocycles. The first-order chi connectivity index (χ1) is 5.70. The highest BCUT2D eigenvalue weighted by Gasteiger charge is 2.06. The summed E-state index contributed by atoms with van der Waals surface area (Å²) >= 11 is 3.27. The lowest BCUT2D eigenvalue weighted by Gasteiger charge is -1.97. The third-order valence-corrected chi connectivity index (χ3v) is 2.23. The van der Waals surface area contributed by atoms with Crippen molar-refractivity contribution >= 4 is 22.0 Å². The fourth-order valence-corrected chi connectivity index (χ4v) is 1.59. The van der Waals surface area contributed by atoms with E-state index in [1.54, 1.807) is 0 Å². The van der Waals surface area contributed by atoms with E-state index >= 15 is 0 Å². The van der Waals surface area contributed by atoms with Crippen molar-refractivity contribution in [1.29, 1.82) is 0 Å². The number of halogens is 1. The van der Waals surface area contributed by atoms with Crippen LogP contribution in [-0.4, -0.2) is 9.78 Å². The van der Waals surface area contributed by atoms with Gasteiger partial charge in [0.25, 0.3) is 0 Å². The quantitative estimate of drug-likeness (QED) is 0.762. The largest absolute Gasteiger partial charge is 0.269 e. The Morgan fingerprint density at radius 3 is 2.58 bits per heavy atom. The van der Waals surface area contributed by atoms with Crippen LogP contribution in [0.3, 0.4) is 0 Å². The summed E-state index contributed by atoms with van der Waals surface area (Å²) in [5.41, 5.74) is 3.53. The first-order valence-electron chi connectivity index (χ1n) is 4.01.